The van der Waals surface area contributed by atoms with Gasteiger partial charge < -0.3 is 9.80 Å². The third-order valence-electron chi connectivity index (χ3n) is 5.73. The van der Waals surface area contributed by atoms with E-state index < -0.39 is 0 Å². The maximum atomic E-state index is 12.7. The van der Waals surface area contributed by atoms with E-state index in [0.717, 1.165) is 42.8 Å². The summed E-state index contributed by atoms with van der Waals surface area (Å²) in [5.41, 5.74) is 2.95. The number of hydrogen-bond acceptors (Lipinski definition) is 3. The number of aromatic nitrogens is 1. The first-order valence-electron chi connectivity index (χ1n) is 9.67. The Morgan fingerprint density at radius 1 is 0.963 bits per heavy atom. The number of nitrogens with zero attached hydrogens (tertiary/aromatic N) is 3. The molecule has 2 fully saturated rings. The molecule has 2 aliphatic rings. The summed E-state index contributed by atoms with van der Waals surface area (Å²) in [5.74, 6) is 0.708. The van der Waals surface area contributed by atoms with Crippen molar-refractivity contribution in [3.63, 3.8) is 0 Å². The van der Waals surface area contributed by atoms with Crippen LogP contribution in [0.15, 0.2) is 48.7 Å². The van der Waals surface area contributed by atoms with Crippen LogP contribution in [-0.4, -0.2) is 52.8 Å². The lowest BCUT2D eigenvalue weighted by molar-refractivity contribution is -0.141. The van der Waals surface area contributed by atoms with E-state index in [1.54, 1.807) is 6.20 Å². The van der Waals surface area contributed by atoms with E-state index in [0.29, 0.717) is 19.0 Å². The molecule has 1 aromatic heterocycles. The molecule has 0 radical (unpaired) electrons. The van der Waals surface area contributed by atoms with Crippen molar-refractivity contribution < 1.29 is 9.59 Å². The van der Waals surface area contributed by atoms with E-state index in [9.17, 15) is 9.59 Å². The predicted octanol–water partition coefficient (Wildman–Crippen LogP) is 2.87. The van der Waals surface area contributed by atoms with Crippen molar-refractivity contribution in [1.82, 2.24) is 14.8 Å². The lowest BCUT2D eigenvalue weighted by Gasteiger charge is -2.42. The van der Waals surface area contributed by atoms with Crippen LogP contribution in [0.5, 0.6) is 0 Å². The topological polar surface area (TPSA) is 53.5 Å². The van der Waals surface area contributed by atoms with Gasteiger partial charge in [-0.1, -0.05) is 23.8 Å². The summed E-state index contributed by atoms with van der Waals surface area (Å²) in [6.45, 7) is 4.84. The number of hydrogen-bond donors (Lipinski definition) is 0. The number of carbonyl (C=O) groups is 2. The summed E-state index contributed by atoms with van der Waals surface area (Å²) >= 11 is 0. The zero-order valence-corrected chi connectivity index (χ0v) is 15.7. The van der Waals surface area contributed by atoms with Crippen LogP contribution >= 0.6 is 0 Å². The smallest absolute Gasteiger partial charge is 0.253 e. The maximum Gasteiger partial charge on any atom is 0.253 e. The van der Waals surface area contributed by atoms with Gasteiger partial charge in [0.05, 0.1) is 0 Å². The minimum atomic E-state index is 0.0387. The van der Waals surface area contributed by atoms with Crippen molar-refractivity contribution in [3.05, 3.63) is 65.5 Å². The Morgan fingerprint density at radius 3 is 2.30 bits per heavy atom. The summed E-state index contributed by atoms with van der Waals surface area (Å²) in [4.78, 5) is 33.6. The summed E-state index contributed by atoms with van der Waals surface area (Å²) in [7, 11) is 0. The molecule has 3 heterocycles. The number of pyridine rings is 1. The van der Waals surface area contributed by atoms with Crippen LogP contribution in [0.1, 0.15) is 40.4 Å². The van der Waals surface area contributed by atoms with Gasteiger partial charge >= 0.3 is 0 Å². The highest BCUT2D eigenvalue weighted by Crippen LogP contribution is 2.29. The number of aryl methyl sites for hydroxylation is 1. The van der Waals surface area contributed by atoms with Gasteiger partial charge in [-0.15, -0.1) is 0 Å². The minimum Gasteiger partial charge on any atom is -0.341 e. The van der Waals surface area contributed by atoms with Crippen LogP contribution in [-0.2, 0) is 4.79 Å². The summed E-state index contributed by atoms with van der Waals surface area (Å²) in [5, 5.41) is 0. The van der Waals surface area contributed by atoms with Gasteiger partial charge in [0.1, 0.15) is 0 Å². The monoisotopic (exact) mass is 363 g/mol. The average molecular weight is 363 g/mol. The van der Waals surface area contributed by atoms with Crippen molar-refractivity contribution in [3.8, 4) is 0 Å². The molecule has 1 aromatic carbocycles. The van der Waals surface area contributed by atoms with Crippen LogP contribution in [0.4, 0.5) is 0 Å². The van der Waals surface area contributed by atoms with Crippen molar-refractivity contribution >= 4 is 11.8 Å². The summed E-state index contributed by atoms with van der Waals surface area (Å²) in [6, 6.07) is 13.6. The van der Waals surface area contributed by atoms with Crippen LogP contribution in [0.3, 0.4) is 0 Å². The van der Waals surface area contributed by atoms with Gasteiger partial charge in [-0.3, -0.25) is 14.6 Å². The number of piperidine rings is 1. The van der Waals surface area contributed by atoms with Crippen LogP contribution in [0.25, 0.3) is 0 Å². The molecular weight excluding hydrogens is 338 g/mol. The molecule has 2 saturated heterocycles. The highest BCUT2D eigenvalue weighted by Gasteiger charge is 2.37. The fraction of sp³-hybridized carbons (Fsp3) is 0.409. The van der Waals surface area contributed by atoms with Crippen molar-refractivity contribution in [1.29, 1.82) is 0 Å². The molecular formula is C22H25N3O2. The van der Waals surface area contributed by atoms with Gasteiger partial charge in [0.15, 0.2) is 0 Å². The highest BCUT2D eigenvalue weighted by molar-refractivity contribution is 5.94. The summed E-state index contributed by atoms with van der Waals surface area (Å²) in [6.07, 6.45) is 3.31. The van der Waals surface area contributed by atoms with Gasteiger partial charge in [0.2, 0.25) is 5.91 Å². The molecule has 0 N–H and O–H groups in total. The average Bonchev–Trinajstić information content (AvgIpc) is 2.68. The standard InChI is InChI=1S/C22H25N3O2/c1-16-5-7-17(8-6-16)21(26)24-12-9-18(10-13-24)22(27)25-14-19(15-25)20-4-2-3-11-23-20/h2-8,11,18-19H,9-10,12-15H2,1H3. The zero-order chi connectivity index (χ0) is 18.8. The number of carbonyl (C=O) groups excluding carboxylic acids is 2. The lowest BCUT2D eigenvalue weighted by Crippen LogP contribution is -2.52. The molecule has 4 rings (SSSR count). The van der Waals surface area contributed by atoms with Crippen LogP contribution in [0.2, 0.25) is 0 Å². The summed E-state index contributed by atoms with van der Waals surface area (Å²) < 4.78 is 0. The Bertz CT molecular complexity index is 805. The first-order valence-corrected chi connectivity index (χ1v) is 9.67. The molecule has 0 spiro atoms. The van der Waals surface area contributed by atoms with Gasteiger partial charge in [-0.25, -0.2) is 0 Å². The molecule has 27 heavy (non-hydrogen) atoms. The van der Waals surface area contributed by atoms with Gasteiger partial charge in [0.25, 0.3) is 5.91 Å². The van der Waals surface area contributed by atoms with Gasteiger partial charge in [-0.2, -0.15) is 0 Å². The van der Waals surface area contributed by atoms with Gasteiger partial charge in [0, 0.05) is 55.5 Å². The molecule has 5 nitrogen and oxygen atoms in total. The lowest BCUT2D eigenvalue weighted by atomic mass is 9.90. The highest BCUT2D eigenvalue weighted by atomic mass is 16.2. The quantitative estimate of drug-likeness (QED) is 0.843. The Kier molecular flexibility index (Phi) is 4.92. The fourth-order valence-electron chi connectivity index (χ4n) is 3.93. The Labute approximate surface area is 160 Å². The SMILES string of the molecule is Cc1ccc(C(=O)N2CCC(C(=O)N3CC(c4ccccn4)C3)CC2)cc1. The van der Waals surface area contributed by atoms with E-state index >= 15 is 0 Å². The van der Waals surface area contributed by atoms with Crippen molar-refractivity contribution in [2.24, 2.45) is 5.92 Å². The van der Waals surface area contributed by atoms with E-state index in [4.69, 9.17) is 0 Å². The first kappa shape index (κ1) is 17.7. The third-order valence-corrected chi connectivity index (χ3v) is 5.73. The second-order valence-corrected chi connectivity index (χ2v) is 7.63. The molecule has 2 amide bonds. The van der Waals surface area contributed by atoms with Crippen molar-refractivity contribution in [2.45, 2.75) is 25.7 Å². The Balaban J connectivity index is 1.27. The second-order valence-electron chi connectivity index (χ2n) is 7.63. The van der Waals surface area contributed by atoms with E-state index in [1.165, 1.54) is 0 Å². The number of likely N-dealkylation sites (tertiary alicyclic amines) is 2. The fourth-order valence-corrected chi connectivity index (χ4v) is 3.93. The first-order chi connectivity index (χ1) is 13.1. The number of amides is 2. The molecule has 2 aromatic rings. The van der Waals surface area contributed by atoms with E-state index in [2.05, 4.69) is 4.98 Å². The Hall–Kier alpha value is -2.69. The van der Waals surface area contributed by atoms with Crippen LogP contribution in [0, 0.1) is 12.8 Å². The second kappa shape index (κ2) is 7.51. The number of benzene rings is 1. The molecule has 140 valence electrons. The third kappa shape index (κ3) is 3.72. The Morgan fingerprint density at radius 2 is 1.67 bits per heavy atom. The normalized spacial score (nSPS) is 18.3. The molecule has 5 heteroatoms. The molecule has 0 unspecified atom stereocenters. The molecule has 0 aliphatic carbocycles. The molecule has 2 aliphatic heterocycles. The van der Waals surface area contributed by atoms with Gasteiger partial charge in [-0.05, 0) is 44.0 Å². The molecule has 0 bridgehead atoms. The minimum absolute atomic E-state index is 0.0387. The van der Waals surface area contributed by atoms with E-state index in [-0.39, 0.29) is 17.7 Å². The molecule has 0 atom stereocenters. The zero-order valence-electron chi connectivity index (χ0n) is 15.7. The largest absolute Gasteiger partial charge is 0.341 e. The molecule has 0 saturated carbocycles. The maximum absolute atomic E-state index is 12.7. The number of rotatable bonds is 3. The van der Waals surface area contributed by atoms with Crippen LogP contribution < -0.4 is 0 Å². The van der Waals surface area contributed by atoms with Crippen molar-refractivity contribution in [2.75, 3.05) is 26.2 Å². The predicted molar refractivity (Wildman–Crippen MR) is 103 cm³/mol. The van der Waals surface area contributed by atoms with E-state index in [1.807, 2.05) is 59.2 Å².